The molecule has 0 spiro atoms. The molecule has 26 valence electrons. The van der Waals surface area contributed by atoms with Crippen molar-refractivity contribution in [1.29, 1.82) is 0 Å². The maximum atomic E-state index is 5.04. The average molecular weight is 121 g/mol. The molecule has 0 radical (unpaired) electrons. The molecule has 0 fully saturated rings. The van der Waals surface area contributed by atoms with Crippen LogP contribution in [0.4, 0.5) is 0 Å². The molecule has 0 saturated heterocycles. The van der Waals surface area contributed by atoms with Crippen molar-refractivity contribution in [3.63, 3.8) is 0 Å². The molecule has 0 aliphatic heterocycles. The van der Waals surface area contributed by atoms with E-state index in [2.05, 4.69) is 0 Å². The van der Waals surface area contributed by atoms with Gasteiger partial charge in [0.15, 0.2) is 0 Å². The van der Waals surface area contributed by atoms with E-state index >= 15 is 0 Å². The van der Waals surface area contributed by atoms with Crippen molar-refractivity contribution >= 4 is 16.9 Å². The normalized spacial score (nSPS) is 7.50. The summed E-state index contributed by atoms with van der Waals surface area (Å²) in [6.07, 6.45) is 0. The zero-order chi connectivity index (χ0) is 3.41. The summed E-state index contributed by atoms with van der Waals surface area (Å²) in [7, 11) is 0. The van der Waals surface area contributed by atoms with Crippen LogP contribution in [0.3, 0.4) is 0 Å². The molecule has 1 nitrogen and oxygen atoms in total. The first-order valence-electron chi connectivity index (χ1n) is 1.32. The first-order valence-corrected chi connectivity index (χ1v) is 3.03. The molecule has 0 bridgehead atoms. The summed E-state index contributed by atoms with van der Waals surface area (Å²) in [5.41, 5.74) is 5.04. The van der Waals surface area contributed by atoms with Gasteiger partial charge in [-0.1, -0.05) is 0 Å². The summed E-state index contributed by atoms with van der Waals surface area (Å²) in [5, 5.41) is 1.16. The first-order chi connectivity index (χ1) is 1.91. The molecule has 4 heavy (non-hydrogen) atoms. The van der Waals surface area contributed by atoms with E-state index in [0.717, 1.165) is 11.8 Å². The molecule has 0 aromatic rings. The van der Waals surface area contributed by atoms with Crippen molar-refractivity contribution in [3.05, 3.63) is 0 Å². The van der Waals surface area contributed by atoms with Gasteiger partial charge in [0.2, 0.25) is 0 Å². The van der Waals surface area contributed by atoms with E-state index in [9.17, 15) is 0 Å². The van der Waals surface area contributed by atoms with Crippen LogP contribution in [0.25, 0.3) is 0 Å². The minimum absolute atomic E-state index is 0.847. The molecule has 1 unspecified atom stereocenters. The van der Waals surface area contributed by atoms with E-state index in [4.69, 9.17) is 5.73 Å². The van der Waals surface area contributed by atoms with Crippen LogP contribution in [0, 0.1) is 0 Å². The van der Waals surface area contributed by atoms with Crippen molar-refractivity contribution in [3.8, 4) is 0 Å². The van der Waals surface area contributed by atoms with Crippen molar-refractivity contribution in [2.75, 3.05) is 6.54 Å². The Morgan fingerprint density at radius 3 is 2.00 bits per heavy atom. The second-order valence-electron chi connectivity index (χ2n) is 0.577. The third-order valence-corrected chi connectivity index (χ3v) is 0.866. The summed E-state index contributed by atoms with van der Waals surface area (Å²) in [5.74, 6) is 0. The summed E-state index contributed by atoms with van der Waals surface area (Å²) in [6.45, 7) is 0.847. The van der Waals surface area contributed by atoms with Crippen LogP contribution in [-0.2, 0) is 0 Å². The molecule has 0 saturated carbocycles. The number of hydrogen-bond acceptors (Lipinski definition) is 1. The topological polar surface area (TPSA) is 26.0 Å². The van der Waals surface area contributed by atoms with Gasteiger partial charge in [-0.3, -0.25) is 0 Å². The molecule has 0 aromatic heterocycles. The quantitative estimate of drug-likeness (QED) is 0.442. The molecule has 0 aliphatic rings. The Balaban J connectivity index is 1.97. The molecule has 0 aliphatic carbocycles. The summed E-state index contributed by atoms with van der Waals surface area (Å²) in [4.78, 5) is 0. The fourth-order valence-corrected chi connectivity index (χ4v) is 0. The van der Waals surface area contributed by atoms with Gasteiger partial charge in [-0.05, 0) is 0 Å². The Morgan fingerprint density at radius 2 is 2.00 bits per heavy atom. The van der Waals surface area contributed by atoms with Crippen LogP contribution >= 0.6 is 0 Å². The Hall–Kier alpha value is 0.518. The molecule has 0 amide bonds. The molecular weight excluding hydrogens is 113 g/mol. The third-order valence-electron chi connectivity index (χ3n) is 0.167. The Morgan fingerprint density at radius 1 is 1.75 bits per heavy atom. The molecular formula is C2H8AsN. The first kappa shape index (κ1) is 4.52. The maximum absolute atomic E-state index is 5.04. The molecule has 1 atom stereocenters. The van der Waals surface area contributed by atoms with E-state index < -0.39 is 0 Å². The fraction of sp³-hybridized carbons (Fsp3) is 1.00. The van der Waals surface area contributed by atoms with Gasteiger partial charge >= 0.3 is 34.3 Å². The van der Waals surface area contributed by atoms with E-state index in [1.807, 2.05) is 0 Å². The Kier molecular flexibility index (Phi) is 3.97. The predicted molar refractivity (Wildman–Crippen MR) is 22.4 cm³/mol. The summed E-state index contributed by atoms with van der Waals surface area (Å²) >= 11 is 1.70. The second kappa shape index (κ2) is 3.52. The van der Waals surface area contributed by atoms with E-state index in [1.165, 1.54) is 0 Å². The summed E-state index contributed by atoms with van der Waals surface area (Å²) < 4.78 is 0. The van der Waals surface area contributed by atoms with Crippen LogP contribution < -0.4 is 5.73 Å². The molecule has 0 aromatic carbocycles. The fourth-order valence-electron chi connectivity index (χ4n) is 0. The standard InChI is InChI=1S/C2H8AsN/c3-1-2-4/h1-4H2. The SMILES string of the molecule is NCC[AsH2]. The Bertz CT molecular complexity index is 8.00. The van der Waals surface area contributed by atoms with Crippen molar-refractivity contribution in [2.45, 2.75) is 5.21 Å². The zero-order valence-corrected chi connectivity index (χ0v) is 4.99. The van der Waals surface area contributed by atoms with Crippen molar-refractivity contribution < 1.29 is 0 Å². The van der Waals surface area contributed by atoms with Crippen LogP contribution in [0.15, 0.2) is 0 Å². The van der Waals surface area contributed by atoms with E-state index in [1.54, 1.807) is 16.9 Å². The van der Waals surface area contributed by atoms with Gasteiger partial charge in [0.1, 0.15) is 0 Å². The molecule has 0 rings (SSSR count). The monoisotopic (exact) mass is 121 g/mol. The minimum atomic E-state index is 0.847. The van der Waals surface area contributed by atoms with Gasteiger partial charge in [0, 0.05) is 0 Å². The predicted octanol–water partition coefficient (Wildman–Crippen LogP) is -1.00. The van der Waals surface area contributed by atoms with Crippen LogP contribution in [0.1, 0.15) is 0 Å². The second-order valence-corrected chi connectivity index (χ2v) is 1.79. The van der Waals surface area contributed by atoms with Crippen LogP contribution in [0.5, 0.6) is 0 Å². The van der Waals surface area contributed by atoms with Gasteiger partial charge < -0.3 is 0 Å². The third kappa shape index (κ3) is 2.52. The number of rotatable bonds is 1. The average Bonchev–Trinajstić information content (AvgIpc) is 1.37. The van der Waals surface area contributed by atoms with E-state index in [0.29, 0.717) is 0 Å². The van der Waals surface area contributed by atoms with Gasteiger partial charge in [-0.25, -0.2) is 0 Å². The Labute approximate surface area is 35.1 Å². The van der Waals surface area contributed by atoms with Crippen LogP contribution in [-0.4, -0.2) is 23.4 Å². The van der Waals surface area contributed by atoms with Gasteiger partial charge in [-0.15, -0.1) is 0 Å². The zero-order valence-electron chi connectivity index (χ0n) is 2.57. The molecule has 0 heterocycles. The van der Waals surface area contributed by atoms with Crippen molar-refractivity contribution in [1.82, 2.24) is 0 Å². The molecule has 2 heteroatoms. The number of nitrogens with two attached hydrogens (primary N) is 1. The van der Waals surface area contributed by atoms with Crippen molar-refractivity contribution in [2.24, 2.45) is 5.73 Å². The summed E-state index contributed by atoms with van der Waals surface area (Å²) in [6, 6.07) is 0. The van der Waals surface area contributed by atoms with Gasteiger partial charge in [0.05, 0.1) is 0 Å². The van der Waals surface area contributed by atoms with E-state index in [-0.39, 0.29) is 0 Å². The van der Waals surface area contributed by atoms with Gasteiger partial charge in [-0.2, -0.15) is 0 Å². The van der Waals surface area contributed by atoms with Gasteiger partial charge in [0.25, 0.3) is 0 Å². The number of hydrogen-bond donors (Lipinski definition) is 1. The molecule has 2 N–H and O–H groups in total. The van der Waals surface area contributed by atoms with Crippen LogP contribution in [0.2, 0.25) is 5.21 Å².